The molecule has 0 heterocycles. The zero-order valence-electron chi connectivity index (χ0n) is 25.1. The molecule has 3 N–H and O–H groups in total. The highest BCUT2D eigenvalue weighted by Crippen LogP contribution is 2.30. The van der Waals surface area contributed by atoms with Gasteiger partial charge in [-0.3, -0.25) is 14.4 Å². The van der Waals surface area contributed by atoms with Gasteiger partial charge < -0.3 is 30.2 Å². The van der Waals surface area contributed by atoms with E-state index in [2.05, 4.69) is 16.0 Å². The van der Waals surface area contributed by atoms with Crippen molar-refractivity contribution in [2.24, 2.45) is 0 Å². The molecule has 9 nitrogen and oxygen atoms in total. The van der Waals surface area contributed by atoms with Gasteiger partial charge in [0.25, 0.3) is 11.8 Å². The van der Waals surface area contributed by atoms with E-state index in [-0.39, 0.29) is 11.6 Å². The van der Waals surface area contributed by atoms with E-state index in [1.807, 2.05) is 0 Å². The number of carbonyl (C=O) groups is 3. The van der Waals surface area contributed by atoms with Crippen LogP contribution in [0.5, 0.6) is 17.2 Å². The molecule has 0 aromatic heterocycles. The fourth-order valence-electron chi connectivity index (χ4n) is 4.11. The normalized spacial score (nSPS) is 11.6. The van der Waals surface area contributed by atoms with Crippen LogP contribution in [0.3, 0.4) is 0 Å². The van der Waals surface area contributed by atoms with E-state index in [9.17, 15) is 14.4 Å². The number of nitrogens with one attached hydrogen (secondary N) is 3. The molecule has 0 aliphatic carbocycles. The van der Waals surface area contributed by atoms with Crippen LogP contribution in [-0.4, -0.2) is 44.3 Å². The van der Waals surface area contributed by atoms with E-state index in [1.165, 1.54) is 33.1 Å². The van der Waals surface area contributed by atoms with Gasteiger partial charge in [0, 0.05) is 21.8 Å². The minimum atomic E-state index is -0.527. The van der Waals surface area contributed by atoms with Crippen molar-refractivity contribution in [3.05, 3.63) is 113 Å². The van der Waals surface area contributed by atoms with Crippen LogP contribution in [0.15, 0.2) is 102 Å². The maximum atomic E-state index is 13.4. The van der Waals surface area contributed by atoms with Crippen LogP contribution in [0.2, 0.25) is 5.02 Å². The van der Waals surface area contributed by atoms with Crippen molar-refractivity contribution >= 4 is 58.5 Å². The molecule has 0 aliphatic rings. The van der Waals surface area contributed by atoms with Crippen molar-refractivity contribution < 1.29 is 28.6 Å². The Bertz CT molecular complexity index is 1700. The quantitative estimate of drug-likeness (QED) is 0.113. The molecule has 0 fully saturated rings. The lowest BCUT2D eigenvalue weighted by Gasteiger charge is -2.14. The minimum Gasteiger partial charge on any atom is -0.495 e. The SMILES string of the molecule is COc1ccc(NC(=O)C(C)Sc2ccc(NC(=O)/C(=C/c3ccc(OC)c(OC)c3)NC(=O)c3ccccc3)cc2)cc1Cl. The Kier molecular flexibility index (Phi) is 11.5. The zero-order valence-corrected chi connectivity index (χ0v) is 26.6. The smallest absolute Gasteiger partial charge is 0.272 e. The number of anilines is 2. The molecule has 0 radical (unpaired) electrons. The van der Waals surface area contributed by atoms with Crippen LogP contribution in [0.1, 0.15) is 22.8 Å². The van der Waals surface area contributed by atoms with Crippen molar-refractivity contribution in [2.75, 3.05) is 32.0 Å². The minimum absolute atomic E-state index is 0.0263. The Morgan fingerprint density at radius 1 is 0.756 bits per heavy atom. The molecule has 232 valence electrons. The molecule has 1 atom stereocenters. The average Bonchev–Trinajstić information content (AvgIpc) is 3.05. The second-order valence-corrected chi connectivity index (χ2v) is 11.4. The molecule has 0 spiro atoms. The molecular formula is C34H32ClN3O6S. The topological polar surface area (TPSA) is 115 Å². The summed E-state index contributed by atoms with van der Waals surface area (Å²) in [5, 5.41) is 8.38. The number of carbonyl (C=O) groups excluding carboxylic acids is 3. The third-order valence-electron chi connectivity index (χ3n) is 6.46. The third-order valence-corrected chi connectivity index (χ3v) is 7.87. The summed E-state index contributed by atoms with van der Waals surface area (Å²) in [6.07, 6.45) is 1.55. The summed E-state index contributed by atoms with van der Waals surface area (Å²) < 4.78 is 15.8. The van der Waals surface area contributed by atoms with Gasteiger partial charge in [-0.05, 0) is 85.3 Å². The van der Waals surface area contributed by atoms with E-state index in [0.29, 0.717) is 44.8 Å². The van der Waals surface area contributed by atoms with Crippen LogP contribution in [0.4, 0.5) is 11.4 Å². The summed E-state index contributed by atoms with van der Waals surface area (Å²) >= 11 is 7.52. The summed E-state index contributed by atoms with van der Waals surface area (Å²) in [4.78, 5) is 40.0. The Balaban J connectivity index is 1.46. The largest absolute Gasteiger partial charge is 0.495 e. The van der Waals surface area contributed by atoms with Crippen LogP contribution < -0.4 is 30.2 Å². The second kappa shape index (κ2) is 15.7. The molecule has 0 saturated heterocycles. The lowest BCUT2D eigenvalue weighted by molar-refractivity contribution is -0.115. The van der Waals surface area contributed by atoms with Gasteiger partial charge in [0.05, 0.1) is 31.6 Å². The van der Waals surface area contributed by atoms with Crippen LogP contribution in [0, 0.1) is 0 Å². The Morgan fingerprint density at radius 2 is 1.40 bits per heavy atom. The monoisotopic (exact) mass is 645 g/mol. The molecule has 4 rings (SSSR count). The molecule has 11 heteroatoms. The number of methoxy groups -OCH3 is 3. The number of benzene rings is 4. The lowest BCUT2D eigenvalue weighted by atomic mass is 10.1. The first-order valence-corrected chi connectivity index (χ1v) is 15.0. The first-order chi connectivity index (χ1) is 21.7. The number of thioether (sulfide) groups is 1. The van der Waals surface area contributed by atoms with Gasteiger partial charge in [-0.1, -0.05) is 35.9 Å². The molecule has 3 amide bonds. The highest BCUT2D eigenvalue weighted by atomic mass is 35.5. The van der Waals surface area contributed by atoms with Gasteiger partial charge >= 0.3 is 0 Å². The van der Waals surface area contributed by atoms with Crippen molar-refractivity contribution in [1.29, 1.82) is 0 Å². The Hall–Kier alpha value is -4.93. The number of hydrogen-bond acceptors (Lipinski definition) is 7. The first kappa shape index (κ1) is 33.0. The lowest BCUT2D eigenvalue weighted by Crippen LogP contribution is -2.30. The maximum absolute atomic E-state index is 13.4. The predicted molar refractivity (Wildman–Crippen MR) is 178 cm³/mol. The van der Waals surface area contributed by atoms with Crippen LogP contribution in [0.25, 0.3) is 6.08 Å². The van der Waals surface area contributed by atoms with E-state index in [0.717, 1.165) is 4.90 Å². The Labute approximate surface area is 270 Å². The fraction of sp³-hybridized carbons (Fsp3) is 0.147. The summed E-state index contributed by atoms with van der Waals surface area (Å²) in [5.74, 6) is 0.367. The van der Waals surface area contributed by atoms with Gasteiger partial charge in [0.1, 0.15) is 11.4 Å². The molecule has 0 aliphatic heterocycles. The number of rotatable bonds is 12. The predicted octanol–water partition coefficient (Wildman–Crippen LogP) is 6.89. The van der Waals surface area contributed by atoms with Gasteiger partial charge in [0.15, 0.2) is 11.5 Å². The van der Waals surface area contributed by atoms with E-state index in [4.69, 9.17) is 25.8 Å². The van der Waals surface area contributed by atoms with Gasteiger partial charge in [-0.25, -0.2) is 0 Å². The Morgan fingerprint density at radius 3 is 2.04 bits per heavy atom. The van der Waals surface area contributed by atoms with E-state index in [1.54, 1.807) is 104 Å². The van der Waals surface area contributed by atoms with Crippen molar-refractivity contribution in [2.45, 2.75) is 17.1 Å². The average molecular weight is 646 g/mol. The molecule has 4 aromatic rings. The van der Waals surface area contributed by atoms with Gasteiger partial charge in [-0.15, -0.1) is 11.8 Å². The molecular weight excluding hydrogens is 614 g/mol. The highest BCUT2D eigenvalue weighted by molar-refractivity contribution is 8.00. The molecule has 0 bridgehead atoms. The van der Waals surface area contributed by atoms with Gasteiger partial charge in [0.2, 0.25) is 5.91 Å². The third kappa shape index (κ3) is 9.04. The van der Waals surface area contributed by atoms with E-state index >= 15 is 0 Å². The zero-order chi connectivity index (χ0) is 32.3. The number of hydrogen-bond donors (Lipinski definition) is 3. The van der Waals surface area contributed by atoms with E-state index < -0.39 is 17.1 Å². The summed E-state index contributed by atoms with van der Waals surface area (Å²) in [6.45, 7) is 1.79. The second-order valence-electron chi connectivity index (χ2n) is 9.57. The standard InChI is InChI=1S/C34H32ClN3O6S/c1-21(32(39)37-25-13-17-29(42-2)27(35)20-25)45-26-14-11-24(12-15-26)36-34(41)28(38-33(40)23-8-6-5-7-9-23)18-22-10-16-30(43-3)31(19-22)44-4/h5-21H,1-4H3,(H,36,41)(H,37,39)(H,38,40)/b28-18-. The summed E-state index contributed by atoms with van der Waals surface area (Å²) in [6, 6.07) is 25.8. The number of ether oxygens (including phenoxy) is 3. The molecule has 4 aromatic carbocycles. The van der Waals surface area contributed by atoms with Crippen LogP contribution >= 0.6 is 23.4 Å². The molecule has 45 heavy (non-hydrogen) atoms. The maximum Gasteiger partial charge on any atom is 0.272 e. The fourth-order valence-corrected chi connectivity index (χ4v) is 5.24. The number of amides is 3. The molecule has 1 unspecified atom stereocenters. The summed E-state index contributed by atoms with van der Waals surface area (Å²) in [7, 11) is 4.57. The van der Waals surface area contributed by atoms with Crippen molar-refractivity contribution in [1.82, 2.24) is 5.32 Å². The summed E-state index contributed by atoms with van der Waals surface area (Å²) in [5.41, 5.74) is 2.10. The first-order valence-electron chi connectivity index (χ1n) is 13.7. The van der Waals surface area contributed by atoms with Gasteiger partial charge in [-0.2, -0.15) is 0 Å². The van der Waals surface area contributed by atoms with Crippen LogP contribution in [-0.2, 0) is 9.59 Å². The van der Waals surface area contributed by atoms with Crippen molar-refractivity contribution in [3.63, 3.8) is 0 Å². The highest BCUT2D eigenvalue weighted by Gasteiger charge is 2.18. The molecule has 0 saturated carbocycles. The number of halogens is 1. The van der Waals surface area contributed by atoms with Crippen molar-refractivity contribution in [3.8, 4) is 17.2 Å².